The van der Waals surface area contributed by atoms with E-state index in [4.69, 9.17) is 14.2 Å². The Bertz CT molecular complexity index is 1340. The molecule has 0 spiro atoms. The highest BCUT2D eigenvalue weighted by Gasteiger charge is 2.52. The van der Waals surface area contributed by atoms with Gasteiger partial charge in [0.1, 0.15) is 12.6 Å². The molecule has 0 aliphatic carbocycles. The van der Waals surface area contributed by atoms with Crippen LogP contribution < -0.4 is 5.32 Å². The third-order valence-corrected chi connectivity index (χ3v) is 9.68. The molecule has 1 aromatic rings. The number of Topliss-reactive ketones (excluding diaryl/α,β-unsaturated/α-hetero) is 2. The Balaban J connectivity index is 1.60. The summed E-state index contributed by atoms with van der Waals surface area (Å²) < 4.78 is 16.8. The fraction of sp³-hybridized carbons (Fsp3) is 0.590. The maximum atomic E-state index is 13.7. The first-order valence-electron chi connectivity index (χ1n) is 17.5. The van der Waals surface area contributed by atoms with Gasteiger partial charge in [-0.3, -0.25) is 19.2 Å². The molecular formula is C39H56N2O8. The molecule has 0 bridgehead atoms. The number of piperidine rings is 1. The zero-order chi connectivity index (χ0) is 36.0. The fourth-order valence-electron chi connectivity index (χ4n) is 6.53. The summed E-state index contributed by atoms with van der Waals surface area (Å²) in [6.45, 7) is 8.35. The lowest BCUT2D eigenvalue weighted by Crippen LogP contribution is -2.61. The minimum atomic E-state index is -2.30. The molecule has 0 aromatic heterocycles. The number of amides is 2. The zero-order valence-corrected chi connectivity index (χ0v) is 30.1. The lowest BCUT2D eigenvalue weighted by molar-refractivity contribution is -0.265. The lowest BCUT2D eigenvalue weighted by atomic mass is 9.85. The Morgan fingerprint density at radius 1 is 1.06 bits per heavy atom. The number of ether oxygens (including phenoxy) is 3. The van der Waals surface area contributed by atoms with Crippen molar-refractivity contribution in [3.8, 4) is 0 Å². The standard InChI is InChI=1S/C39H56N2O8/c1-27(23-29(3)34(42)26-47-5)15-9-7-10-16-28(2)35(48-6)24-32-21-20-30(4)39(46,49-32)36(43)38(45)41-22-14-13-19-33(41)37(44)40-25-31-17-11-8-12-18-31/h7-12,15-18,27,29-30,32-33,35,46H,13-14,19-26H2,1-6H3,(H,40,44)/b10-7+,15-9+,28-16+/t27-,29-,30-,32?,33?,35+,39-/m1/s1. The van der Waals surface area contributed by atoms with E-state index in [1.807, 2.05) is 68.5 Å². The first kappa shape index (κ1) is 40.0. The third kappa shape index (κ3) is 11.6. The van der Waals surface area contributed by atoms with Crippen molar-refractivity contribution in [2.75, 3.05) is 27.4 Å². The Morgan fingerprint density at radius 3 is 2.49 bits per heavy atom. The van der Waals surface area contributed by atoms with Crippen LogP contribution in [0.4, 0.5) is 0 Å². The summed E-state index contributed by atoms with van der Waals surface area (Å²) in [6.07, 6.45) is 13.0. The van der Waals surface area contributed by atoms with Crippen molar-refractivity contribution in [1.29, 1.82) is 0 Å². The third-order valence-electron chi connectivity index (χ3n) is 9.68. The van der Waals surface area contributed by atoms with Gasteiger partial charge in [0.25, 0.3) is 11.7 Å². The second kappa shape index (κ2) is 19.7. The predicted octanol–water partition coefficient (Wildman–Crippen LogP) is 5.10. The highest BCUT2D eigenvalue weighted by Crippen LogP contribution is 2.36. The molecule has 2 heterocycles. The Kier molecular flexibility index (Phi) is 16.1. The van der Waals surface area contributed by atoms with Gasteiger partial charge < -0.3 is 29.5 Å². The van der Waals surface area contributed by atoms with Crippen molar-refractivity contribution in [1.82, 2.24) is 10.2 Å². The van der Waals surface area contributed by atoms with Gasteiger partial charge in [0.2, 0.25) is 11.7 Å². The first-order chi connectivity index (χ1) is 23.4. The minimum absolute atomic E-state index is 0.0670. The highest BCUT2D eigenvalue weighted by molar-refractivity contribution is 6.39. The molecule has 2 fully saturated rings. The quantitative estimate of drug-likeness (QED) is 0.172. The van der Waals surface area contributed by atoms with E-state index in [0.29, 0.717) is 38.6 Å². The molecule has 49 heavy (non-hydrogen) atoms. The van der Waals surface area contributed by atoms with Gasteiger partial charge >= 0.3 is 0 Å². The van der Waals surface area contributed by atoms with Crippen molar-refractivity contribution >= 4 is 23.4 Å². The predicted molar refractivity (Wildman–Crippen MR) is 188 cm³/mol. The molecule has 270 valence electrons. The molecule has 10 nitrogen and oxygen atoms in total. The van der Waals surface area contributed by atoms with Gasteiger partial charge in [0.05, 0.1) is 12.2 Å². The van der Waals surface area contributed by atoms with Crippen LogP contribution in [0.2, 0.25) is 0 Å². The van der Waals surface area contributed by atoms with Gasteiger partial charge in [-0.25, -0.2) is 0 Å². The van der Waals surface area contributed by atoms with E-state index in [1.54, 1.807) is 14.0 Å². The number of carbonyl (C=O) groups excluding carboxylic acids is 4. The van der Waals surface area contributed by atoms with Crippen molar-refractivity contribution in [2.24, 2.45) is 17.8 Å². The number of nitrogens with one attached hydrogen (secondary N) is 1. The van der Waals surface area contributed by atoms with Gasteiger partial charge in [-0.2, -0.15) is 0 Å². The summed E-state index contributed by atoms with van der Waals surface area (Å²) in [7, 11) is 3.13. The summed E-state index contributed by atoms with van der Waals surface area (Å²) in [5.41, 5.74) is 1.87. The van der Waals surface area contributed by atoms with E-state index < -0.39 is 35.5 Å². The summed E-state index contributed by atoms with van der Waals surface area (Å²) in [5, 5.41) is 14.5. The van der Waals surface area contributed by atoms with Crippen LogP contribution in [0.25, 0.3) is 0 Å². The number of hydrogen-bond acceptors (Lipinski definition) is 8. The average molecular weight is 681 g/mol. The lowest BCUT2D eigenvalue weighted by Gasteiger charge is -2.42. The number of ketones is 2. The molecule has 10 heteroatoms. The molecule has 2 N–H and O–H groups in total. The van der Waals surface area contributed by atoms with Crippen LogP contribution in [-0.4, -0.2) is 84.8 Å². The van der Waals surface area contributed by atoms with Crippen LogP contribution in [0, 0.1) is 17.8 Å². The molecule has 0 saturated carbocycles. The molecule has 2 saturated heterocycles. The number of aliphatic hydroxyl groups is 1. The monoisotopic (exact) mass is 680 g/mol. The molecule has 2 amide bonds. The van der Waals surface area contributed by atoms with Crippen LogP contribution in [0.1, 0.15) is 78.2 Å². The molecule has 3 rings (SSSR count). The van der Waals surface area contributed by atoms with Gasteiger partial charge in [-0.15, -0.1) is 0 Å². The zero-order valence-electron chi connectivity index (χ0n) is 30.1. The van der Waals surface area contributed by atoms with E-state index in [2.05, 4.69) is 18.3 Å². The van der Waals surface area contributed by atoms with Crippen molar-refractivity contribution in [3.05, 3.63) is 71.8 Å². The molecule has 2 aliphatic rings. The second-order valence-electron chi connectivity index (χ2n) is 13.6. The van der Waals surface area contributed by atoms with Crippen LogP contribution in [0.3, 0.4) is 0 Å². The maximum Gasteiger partial charge on any atom is 0.296 e. The number of likely N-dealkylation sites (tertiary alicyclic amines) is 1. The van der Waals surface area contributed by atoms with E-state index >= 15 is 0 Å². The number of benzene rings is 1. The van der Waals surface area contributed by atoms with E-state index in [9.17, 15) is 24.3 Å². The molecule has 0 radical (unpaired) electrons. The molecule has 2 aliphatic heterocycles. The topological polar surface area (TPSA) is 131 Å². The fourth-order valence-corrected chi connectivity index (χ4v) is 6.53. The number of methoxy groups -OCH3 is 2. The minimum Gasteiger partial charge on any atom is -0.377 e. The number of nitrogens with zero attached hydrogens (tertiary/aromatic N) is 1. The van der Waals surface area contributed by atoms with E-state index in [-0.39, 0.29) is 42.8 Å². The maximum absolute atomic E-state index is 13.7. The smallest absolute Gasteiger partial charge is 0.296 e. The van der Waals surface area contributed by atoms with Crippen molar-refractivity contribution in [2.45, 2.75) is 103 Å². The van der Waals surface area contributed by atoms with E-state index in [0.717, 1.165) is 24.0 Å². The van der Waals surface area contributed by atoms with Crippen LogP contribution >= 0.6 is 0 Å². The second-order valence-corrected chi connectivity index (χ2v) is 13.6. The van der Waals surface area contributed by atoms with Crippen LogP contribution in [-0.2, 0) is 39.9 Å². The Morgan fingerprint density at radius 2 is 1.80 bits per heavy atom. The summed E-state index contributed by atoms with van der Waals surface area (Å²) in [6, 6.07) is 8.69. The number of rotatable bonds is 17. The van der Waals surface area contributed by atoms with Crippen LogP contribution in [0.15, 0.2) is 66.3 Å². The summed E-state index contributed by atoms with van der Waals surface area (Å²) in [4.78, 5) is 53.8. The number of allylic oxidation sites excluding steroid dienone is 5. The van der Waals surface area contributed by atoms with Gasteiger partial charge in [-0.05, 0) is 62.5 Å². The van der Waals surface area contributed by atoms with Gasteiger partial charge in [0.15, 0.2) is 5.78 Å². The average Bonchev–Trinajstić information content (AvgIpc) is 3.10. The normalized spacial score (nSPS) is 25.2. The SMILES string of the molecule is COCC(=O)[C@H](C)C[C@H](C)/C=C/C=C/C=C(\C)[C@H](CC1CC[C@@H](C)[C@](O)(C(=O)C(=O)N2CCCCC2C(=O)NCc2ccccc2)O1)OC. The summed E-state index contributed by atoms with van der Waals surface area (Å²) in [5.74, 6) is -4.88. The van der Waals surface area contributed by atoms with Gasteiger partial charge in [0, 0.05) is 45.6 Å². The number of carbonyl (C=O) groups is 4. The Labute approximate surface area is 291 Å². The molecule has 2 unspecified atom stereocenters. The Hall–Kier alpha value is -3.44. The van der Waals surface area contributed by atoms with Crippen LogP contribution in [0.5, 0.6) is 0 Å². The summed E-state index contributed by atoms with van der Waals surface area (Å²) >= 11 is 0. The molecular weight excluding hydrogens is 624 g/mol. The molecule has 7 atom stereocenters. The largest absolute Gasteiger partial charge is 0.377 e. The first-order valence-corrected chi connectivity index (χ1v) is 17.5. The van der Waals surface area contributed by atoms with Crippen molar-refractivity contribution in [3.63, 3.8) is 0 Å². The van der Waals surface area contributed by atoms with Crippen molar-refractivity contribution < 1.29 is 38.5 Å². The number of hydrogen-bond donors (Lipinski definition) is 2. The molecule has 1 aromatic carbocycles. The van der Waals surface area contributed by atoms with E-state index in [1.165, 1.54) is 12.0 Å². The highest BCUT2D eigenvalue weighted by atomic mass is 16.6. The van der Waals surface area contributed by atoms with Gasteiger partial charge in [-0.1, -0.05) is 81.5 Å².